The summed E-state index contributed by atoms with van der Waals surface area (Å²) in [4.78, 5) is 25.9. The van der Waals surface area contributed by atoms with Gasteiger partial charge in [-0.3, -0.25) is 4.79 Å². The van der Waals surface area contributed by atoms with Crippen LogP contribution in [0.25, 0.3) is 0 Å². The predicted octanol–water partition coefficient (Wildman–Crippen LogP) is 3.72. The Hall–Kier alpha value is -2.53. The molecule has 1 atom stereocenters. The van der Waals surface area contributed by atoms with E-state index in [9.17, 15) is 9.59 Å². The topological polar surface area (TPSA) is 61.4 Å². The van der Waals surface area contributed by atoms with Gasteiger partial charge in [0, 0.05) is 31.6 Å². The van der Waals surface area contributed by atoms with E-state index in [1.54, 1.807) is 30.1 Å². The van der Waals surface area contributed by atoms with Crippen molar-refractivity contribution in [3.05, 3.63) is 64.7 Å². The maximum absolute atomic E-state index is 12.5. The predicted molar refractivity (Wildman–Crippen MR) is 99.2 cm³/mol. The third kappa shape index (κ3) is 3.94. The number of nitrogens with zero attached hydrogens (tertiary/aromatic N) is 1. The fourth-order valence-corrected chi connectivity index (χ4v) is 3.27. The number of hydrogen-bond acceptors (Lipinski definition) is 2. The van der Waals surface area contributed by atoms with Crippen LogP contribution >= 0.6 is 11.6 Å². The van der Waals surface area contributed by atoms with Gasteiger partial charge in [0.15, 0.2) is 0 Å². The minimum Gasteiger partial charge on any atom is -0.355 e. The molecule has 0 saturated carbocycles. The number of nitrogens with one attached hydrogen (secondary N) is 2. The minimum absolute atomic E-state index is 0.173. The van der Waals surface area contributed by atoms with Crippen molar-refractivity contribution in [3.8, 4) is 0 Å². The van der Waals surface area contributed by atoms with Crippen LogP contribution in [0.4, 0.5) is 10.5 Å². The van der Waals surface area contributed by atoms with Gasteiger partial charge in [0.25, 0.3) is 5.91 Å². The van der Waals surface area contributed by atoms with Crippen molar-refractivity contribution in [2.24, 2.45) is 0 Å². The summed E-state index contributed by atoms with van der Waals surface area (Å²) in [5, 5.41) is 5.71. The molecule has 1 aliphatic heterocycles. The zero-order valence-electron chi connectivity index (χ0n) is 14.0. The molecule has 0 spiro atoms. The quantitative estimate of drug-likeness (QED) is 0.879. The lowest BCUT2D eigenvalue weighted by atomic mass is 9.99. The molecule has 0 radical (unpaired) electrons. The first-order valence-corrected chi connectivity index (χ1v) is 8.59. The molecule has 2 aromatic carbocycles. The van der Waals surface area contributed by atoms with Gasteiger partial charge in [0.05, 0.1) is 10.7 Å². The summed E-state index contributed by atoms with van der Waals surface area (Å²) in [6, 6.07) is 14.9. The zero-order valence-corrected chi connectivity index (χ0v) is 14.7. The van der Waals surface area contributed by atoms with Gasteiger partial charge in [-0.1, -0.05) is 41.9 Å². The molecule has 0 bridgehead atoms. The van der Waals surface area contributed by atoms with E-state index in [0.29, 0.717) is 35.3 Å². The van der Waals surface area contributed by atoms with Crippen molar-refractivity contribution in [2.45, 2.75) is 12.3 Å². The van der Waals surface area contributed by atoms with Gasteiger partial charge in [0.2, 0.25) is 0 Å². The van der Waals surface area contributed by atoms with Crippen LogP contribution < -0.4 is 10.6 Å². The Morgan fingerprint density at radius 3 is 2.60 bits per heavy atom. The summed E-state index contributed by atoms with van der Waals surface area (Å²) in [5.41, 5.74) is 2.21. The average molecular weight is 358 g/mol. The Balaban J connectivity index is 1.64. The molecule has 1 fully saturated rings. The van der Waals surface area contributed by atoms with Crippen molar-refractivity contribution >= 4 is 29.2 Å². The highest BCUT2D eigenvalue weighted by Gasteiger charge is 2.27. The summed E-state index contributed by atoms with van der Waals surface area (Å²) in [6.45, 7) is 1.39. The SMILES string of the molecule is CNC(=O)c1ccc(NC(=O)N2CC[C@H](c3ccccc3)C2)c(Cl)c1. The number of benzene rings is 2. The number of halogens is 1. The number of amides is 3. The Morgan fingerprint density at radius 2 is 1.92 bits per heavy atom. The molecule has 1 saturated heterocycles. The van der Waals surface area contributed by atoms with Crippen molar-refractivity contribution in [2.75, 3.05) is 25.5 Å². The molecule has 3 rings (SSSR count). The molecule has 5 nitrogen and oxygen atoms in total. The van der Waals surface area contributed by atoms with Crippen LogP contribution in [0.2, 0.25) is 5.02 Å². The fourth-order valence-electron chi connectivity index (χ4n) is 3.04. The number of carbonyl (C=O) groups is 2. The van der Waals surface area contributed by atoms with Gasteiger partial charge in [-0.15, -0.1) is 0 Å². The average Bonchev–Trinajstić information content (AvgIpc) is 3.13. The lowest BCUT2D eigenvalue weighted by molar-refractivity contribution is 0.0963. The van der Waals surface area contributed by atoms with Crippen LogP contribution in [-0.2, 0) is 0 Å². The molecule has 1 aliphatic rings. The van der Waals surface area contributed by atoms with Gasteiger partial charge in [0.1, 0.15) is 0 Å². The first-order valence-electron chi connectivity index (χ1n) is 8.21. The second-order valence-electron chi connectivity index (χ2n) is 6.05. The van der Waals surface area contributed by atoms with Crippen LogP contribution in [0.15, 0.2) is 48.5 Å². The third-order valence-corrected chi connectivity index (χ3v) is 4.76. The highest BCUT2D eigenvalue weighted by molar-refractivity contribution is 6.34. The van der Waals surface area contributed by atoms with Crippen LogP contribution in [0.5, 0.6) is 0 Å². The Morgan fingerprint density at radius 1 is 1.16 bits per heavy atom. The Bertz CT molecular complexity index is 779. The Labute approximate surface area is 152 Å². The van der Waals surface area contributed by atoms with Crippen LogP contribution in [-0.4, -0.2) is 37.0 Å². The highest BCUT2D eigenvalue weighted by atomic mass is 35.5. The molecule has 0 unspecified atom stereocenters. The summed E-state index contributed by atoms with van der Waals surface area (Å²) in [5.74, 6) is 0.142. The number of anilines is 1. The Kier molecular flexibility index (Phi) is 5.24. The number of likely N-dealkylation sites (tertiary alicyclic amines) is 1. The van der Waals surface area contributed by atoms with Crippen LogP contribution in [0, 0.1) is 0 Å². The first-order chi connectivity index (χ1) is 12.1. The molecule has 6 heteroatoms. The summed E-state index contributed by atoms with van der Waals surface area (Å²) in [7, 11) is 1.56. The van der Waals surface area contributed by atoms with Crippen molar-refractivity contribution in [3.63, 3.8) is 0 Å². The number of carbonyl (C=O) groups excluding carboxylic acids is 2. The van der Waals surface area contributed by atoms with Crippen LogP contribution in [0.1, 0.15) is 28.3 Å². The zero-order chi connectivity index (χ0) is 17.8. The summed E-state index contributed by atoms with van der Waals surface area (Å²) in [6.07, 6.45) is 0.945. The highest BCUT2D eigenvalue weighted by Crippen LogP contribution is 2.28. The van der Waals surface area contributed by atoms with E-state index in [-0.39, 0.29) is 11.9 Å². The number of urea groups is 1. The molecule has 0 aliphatic carbocycles. The van der Waals surface area contributed by atoms with Gasteiger partial charge < -0.3 is 15.5 Å². The lowest BCUT2D eigenvalue weighted by Gasteiger charge is -2.18. The molecular weight excluding hydrogens is 338 g/mol. The van der Waals surface area contributed by atoms with E-state index in [0.717, 1.165) is 6.42 Å². The largest absolute Gasteiger partial charge is 0.355 e. The van der Waals surface area contributed by atoms with Crippen molar-refractivity contribution in [1.82, 2.24) is 10.2 Å². The minimum atomic E-state index is -0.218. The van der Waals surface area contributed by atoms with Gasteiger partial charge in [-0.2, -0.15) is 0 Å². The first kappa shape index (κ1) is 17.3. The number of rotatable bonds is 3. The molecule has 0 aromatic heterocycles. The smallest absolute Gasteiger partial charge is 0.321 e. The molecule has 1 heterocycles. The molecule has 2 N–H and O–H groups in total. The van der Waals surface area contributed by atoms with Gasteiger partial charge in [-0.05, 0) is 30.2 Å². The standard InChI is InChI=1S/C19H20ClN3O2/c1-21-18(24)14-7-8-17(16(20)11-14)22-19(25)23-10-9-15(12-23)13-5-3-2-4-6-13/h2-8,11,15H,9-10,12H2,1H3,(H,21,24)(H,22,25)/t15-/m0/s1. The molecule has 130 valence electrons. The molecule has 3 amide bonds. The summed E-state index contributed by atoms with van der Waals surface area (Å²) >= 11 is 6.19. The fraction of sp³-hybridized carbons (Fsp3) is 0.263. The van der Waals surface area contributed by atoms with Gasteiger partial charge in [-0.25, -0.2) is 4.79 Å². The van der Waals surface area contributed by atoms with E-state index >= 15 is 0 Å². The van der Waals surface area contributed by atoms with Crippen molar-refractivity contribution in [1.29, 1.82) is 0 Å². The molecule has 2 aromatic rings. The second kappa shape index (κ2) is 7.57. The van der Waals surface area contributed by atoms with E-state index in [1.165, 1.54) is 5.56 Å². The third-order valence-electron chi connectivity index (χ3n) is 4.45. The summed E-state index contributed by atoms with van der Waals surface area (Å²) < 4.78 is 0. The maximum Gasteiger partial charge on any atom is 0.321 e. The lowest BCUT2D eigenvalue weighted by Crippen LogP contribution is -2.32. The monoisotopic (exact) mass is 357 g/mol. The maximum atomic E-state index is 12.5. The molecular formula is C19H20ClN3O2. The van der Waals surface area contributed by atoms with Gasteiger partial charge >= 0.3 is 6.03 Å². The van der Waals surface area contributed by atoms with E-state index in [1.807, 2.05) is 18.2 Å². The normalized spacial score (nSPS) is 16.6. The second-order valence-corrected chi connectivity index (χ2v) is 6.45. The molecule has 25 heavy (non-hydrogen) atoms. The van der Waals surface area contributed by atoms with E-state index < -0.39 is 0 Å². The number of hydrogen-bond donors (Lipinski definition) is 2. The van der Waals surface area contributed by atoms with E-state index in [4.69, 9.17) is 11.6 Å². The van der Waals surface area contributed by atoms with Crippen molar-refractivity contribution < 1.29 is 9.59 Å². The van der Waals surface area contributed by atoms with Crippen LogP contribution in [0.3, 0.4) is 0 Å². The van der Waals surface area contributed by atoms with E-state index in [2.05, 4.69) is 22.8 Å².